The van der Waals surface area contributed by atoms with Crippen molar-refractivity contribution in [3.63, 3.8) is 0 Å². The lowest BCUT2D eigenvalue weighted by molar-refractivity contribution is 0.0716. The second-order valence-corrected chi connectivity index (χ2v) is 7.08. The molecule has 12 heteroatoms. The van der Waals surface area contributed by atoms with Crippen LogP contribution in [0.2, 0.25) is 5.02 Å². The van der Waals surface area contributed by atoms with E-state index in [1.54, 1.807) is 0 Å². The average Bonchev–Trinajstić information content (AvgIpc) is 2.48. The molecule has 0 bridgehead atoms. The van der Waals surface area contributed by atoms with Crippen molar-refractivity contribution in [3.05, 3.63) is 56.5 Å². The monoisotopic (exact) mass is 462 g/mol. The van der Waals surface area contributed by atoms with Crippen molar-refractivity contribution in [3.8, 4) is 5.75 Å². The van der Waals surface area contributed by atoms with Crippen molar-refractivity contribution in [2.24, 2.45) is 0 Å². The number of benzene rings is 2. The smallest absolute Gasteiger partial charge is 0.345 e. The number of esters is 1. The van der Waals surface area contributed by atoms with E-state index in [1.165, 1.54) is 12.1 Å². The van der Waals surface area contributed by atoms with Crippen molar-refractivity contribution in [1.29, 1.82) is 0 Å². The predicted octanol–water partition coefficient (Wildman–Crippen LogP) is 4.12. The van der Waals surface area contributed by atoms with E-state index >= 15 is 0 Å². The van der Waals surface area contributed by atoms with Crippen LogP contribution in [0.3, 0.4) is 0 Å². The molecular weight excluding hydrogens is 460 g/mol. The van der Waals surface area contributed by atoms with E-state index in [-0.39, 0.29) is 10.6 Å². The van der Waals surface area contributed by atoms with Crippen LogP contribution >= 0.6 is 27.5 Å². The molecule has 5 nitrogen and oxygen atoms in total. The number of hydrogen-bond donors (Lipinski definition) is 1. The maximum Gasteiger partial charge on any atom is 0.345 e. The van der Waals surface area contributed by atoms with Gasteiger partial charge in [0.1, 0.15) is 0 Å². The van der Waals surface area contributed by atoms with E-state index in [0.29, 0.717) is 4.47 Å². The van der Waals surface area contributed by atoms with Gasteiger partial charge in [0.2, 0.25) is 17.4 Å². The summed E-state index contributed by atoms with van der Waals surface area (Å²) >= 11 is 8.78. The zero-order valence-corrected chi connectivity index (χ0v) is 14.6. The molecule has 2 rings (SSSR count). The number of halogens is 6. The summed E-state index contributed by atoms with van der Waals surface area (Å²) in [7, 11) is -5.61. The summed E-state index contributed by atoms with van der Waals surface area (Å²) in [6, 6.07) is 3.68. The quantitative estimate of drug-likeness (QED) is 0.243. The van der Waals surface area contributed by atoms with E-state index in [4.69, 9.17) is 16.2 Å². The van der Waals surface area contributed by atoms with Crippen LogP contribution < -0.4 is 4.74 Å². The van der Waals surface area contributed by atoms with E-state index in [0.717, 1.165) is 6.07 Å². The minimum absolute atomic E-state index is 0.198. The van der Waals surface area contributed by atoms with Crippen LogP contribution in [-0.2, 0) is 10.1 Å². The minimum Gasteiger partial charge on any atom is -0.416 e. The number of carbonyl (C=O) groups excluding carboxylic acids is 1. The molecule has 0 amide bonds. The zero-order chi connectivity index (χ0) is 19.1. The summed E-state index contributed by atoms with van der Waals surface area (Å²) in [6.07, 6.45) is 0. The fourth-order valence-corrected chi connectivity index (χ4v) is 3.09. The maximum absolute atomic E-state index is 13.8. The van der Waals surface area contributed by atoms with Crippen LogP contribution in [0.15, 0.2) is 27.6 Å². The van der Waals surface area contributed by atoms with Crippen molar-refractivity contribution < 1.29 is 40.1 Å². The van der Waals surface area contributed by atoms with Gasteiger partial charge in [-0.1, -0.05) is 27.5 Å². The third-order valence-electron chi connectivity index (χ3n) is 2.79. The molecule has 0 saturated carbocycles. The highest BCUT2D eigenvalue weighted by Gasteiger charge is 2.34. The predicted molar refractivity (Wildman–Crippen MR) is 80.2 cm³/mol. The summed E-state index contributed by atoms with van der Waals surface area (Å²) < 4.78 is 89.9. The Kier molecular flexibility index (Phi) is 5.42. The Morgan fingerprint density at radius 3 is 2.04 bits per heavy atom. The van der Waals surface area contributed by atoms with Gasteiger partial charge in [-0.25, -0.2) is 13.6 Å². The van der Waals surface area contributed by atoms with Gasteiger partial charge in [-0.3, -0.25) is 4.55 Å². The lowest BCUT2D eigenvalue weighted by Gasteiger charge is -2.11. The second-order valence-electron chi connectivity index (χ2n) is 4.40. The second kappa shape index (κ2) is 6.90. The van der Waals surface area contributed by atoms with Gasteiger partial charge in [0.15, 0.2) is 16.5 Å². The van der Waals surface area contributed by atoms with Crippen molar-refractivity contribution in [2.45, 2.75) is 4.90 Å². The average molecular weight is 464 g/mol. The summed E-state index contributed by atoms with van der Waals surface area (Å²) in [5.74, 6) is -12.8. The van der Waals surface area contributed by atoms with Crippen LogP contribution in [0.5, 0.6) is 5.75 Å². The molecule has 2 aromatic carbocycles. The number of ether oxygens (including phenoxy) is 1. The molecule has 0 atom stereocenters. The first kappa shape index (κ1) is 19.6. The molecular formula is C13H4BrClF4O5S. The molecule has 0 unspecified atom stereocenters. The molecule has 134 valence electrons. The van der Waals surface area contributed by atoms with Gasteiger partial charge in [-0.15, -0.1) is 0 Å². The summed E-state index contributed by atoms with van der Waals surface area (Å²) in [4.78, 5) is 9.64. The van der Waals surface area contributed by atoms with Gasteiger partial charge in [0.05, 0.1) is 10.6 Å². The summed E-state index contributed by atoms with van der Waals surface area (Å²) in [6.45, 7) is 0. The molecule has 0 spiro atoms. The first-order valence-electron chi connectivity index (χ1n) is 5.95. The lowest BCUT2D eigenvalue weighted by atomic mass is 10.2. The molecule has 2 aromatic rings. The van der Waals surface area contributed by atoms with E-state index in [1.807, 2.05) is 0 Å². The van der Waals surface area contributed by atoms with Gasteiger partial charge < -0.3 is 4.74 Å². The Morgan fingerprint density at radius 1 is 1.08 bits per heavy atom. The topological polar surface area (TPSA) is 80.7 Å². The number of hydrogen-bond acceptors (Lipinski definition) is 4. The maximum atomic E-state index is 13.8. The van der Waals surface area contributed by atoms with E-state index in [9.17, 15) is 30.8 Å². The third kappa shape index (κ3) is 3.78. The first-order valence-corrected chi connectivity index (χ1v) is 8.57. The van der Waals surface area contributed by atoms with Crippen molar-refractivity contribution >= 4 is 43.6 Å². The Bertz CT molecular complexity index is 967. The minimum atomic E-state index is -5.61. The standard InChI is InChI=1S/C13H4BrClF4O5S/c14-4-1-2-5(6(15)3-4)13(20)24-11-7(16)9(18)12(25(21,22)23)10(19)8(11)17/h1-3H,(H,21,22,23). The molecule has 0 fully saturated rings. The lowest BCUT2D eigenvalue weighted by Crippen LogP contribution is -2.16. The van der Waals surface area contributed by atoms with Gasteiger partial charge in [0.25, 0.3) is 0 Å². The van der Waals surface area contributed by atoms with Gasteiger partial charge >= 0.3 is 16.1 Å². The Balaban J connectivity index is 2.56. The summed E-state index contributed by atoms with van der Waals surface area (Å²) in [5.41, 5.74) is -0.386. The molecule has 0 heterocycles. The highest BCUT2D eigenvalue weighted by atomic mass is 79.9. The Labute approximate surface area is 151 Å². The largest absolute Gasteiger partial charge is 0.416 e. The Morgan fingerprint density at radius 2 is 1.60 bits per heavy atom. The van der Waals surface area contributed by atoms with Crippen LogP contribution in [0.1, 0.15) is 10.4 Å². The third-order valence-corrected chi connectivity index (χ3v) is 4.47. The van der Waals surface area contributed by atoms with Gasteiger partial charge in [-0.05, 0) is 18.2 Å². The van der Waals surface area contributed by atoms with E-state index in [2.05, 4.69) is 20.7 Å². The molecule has 0 radical (unpaired) electrons. The fourth-order valence-electron chi connectivity index (χ4n) is 1.71. The Hall–Kier alpha value is -1.69. The highest BCUT2D eigenvalue weighted by Crippen LogP contribution is 2.33. The molecule has 25 heavy (non-hydrogen) atoms. The van der Waals surface area contributed by atoms with Crippen molar-refractivity contribution in [1.82, 2.24) is 0 Å². The molecule has 0 saturated heterocycles. The van der Waals surface area contributed by atoms with Gasteiger partial charge in [0, 0.05) is 4.47 Å². The van der Waals surface area contributed by atoms with Crippen LogP contribution in [0.4, 0.5) is 17.6 Å². The number of carbonyl (C=O) groups is 1. The van der Waals surface area contributed by atoms with Gasteiger partial charge in [-0.2, -0.15) is 17.2 Å². The summed E-state index contributed by atoms with van der Waals surface area (Å²) in [5, 5.41) is -0.198. The van der Waals surface area contributed by atoms with Crippen LogP contribution in [0, 0.1) is 23.3 Å². The van der Waals surface area contributed by atoms with Crippen LogP contribution in [0.25, 0.3) is 0 Å². The molecule has 0 aliphatic rings. The zero-order valence-electron chi connectivity index (χ0n) is 11.5. The van der Waals surface area contributed by atoms with E-state index < -0.39 is 50.0 Å². The SMILES string of the molecule is O=C(Oc1c(F)c(F)c(S(=O)(=O)O)c(F)c1F)c1ccc(Br)cc1Cl. The molecule has 1 N–H and O–H groups in total. The molecule has 0 aliphatic heterocycles. The normalized spacial score (nSPS) is 11.5. The first-order chi connectivity index (χ1) is 11.4. The molecule has 0 aromatic heterocycles. The fraction of sp³-hybridized carbons (Fsp3) is 0. The highest BCUT2D eigenvalue weighted by molar-refractivity contribution is 9.10. The van der Waals surface area contributed by atoms with Crippen LogP contribution in [-0.4, -0.2) is 18.9 Å². The molecule has 0 aliphatic carbocycles. The number of rotatable bonds is 3. The van der Waals surface area contributed by atoms with Crippen molar-refractivity contribution in [2.75, 3.05) is 0 Å².